The normalized spacial score (nSPS) is 11.6. The number of benzene rings is 1. The second-order valence-electron chi connectivity index (χ2n) is 5.24. The Bertz CT molecular complexity index is 1110. The highest BCUT2D eigenvalue weighted by molar-refractivity contribution is 7.86. The number of nitrogens with zero attached hydrogens (tertiary/aromatic N) is 4. The molecule has 0 saturated heterocycles. The van der Waals surface area contributed by atoms with Gasteiger partial charge >= 0.3 is 0 Å². The van der Waals surface area contributed by atoms with Crippen LogP contribution in [0.25, 0.3) is 0 Å². The number of azo groups is 1. The number of nitrogen functional groups attached to an aromatic ring is 1. The molecule has 11 heteroatoms. The minimum Gasteiger partial charge on any atom is -0.493 e. The lowest BCUT2D eigenvalue weighted by molar-refractivity contribution is 0.409. The quantitative estimate of drug-likeness (QED) is 0.415. The maximum absolute atomic E-state index is 12.4. The van der Waals surface area contributed by atoms with Gasteiger partial charge in [0.25, 0.3) is 15.7 Å². The Labute approximate surface area is 148 Å². The van der Waals surface area contributed by atoms with Crippen molar-refractivity contribution in [2.24, 2.45) is 10.2 Å². The molecule has 0 radical (unpaired) electrons. The molecule has 26 heavy (non-hydrogen) atoms. The predicted octanol–water partition coefficient (Wildman–Crippen LogP) is 2.00. The minimum atomic E-state index is -4.62. The first-order chi connectivity index (χ1) is 12.1. The Morgan fingerprint density at radius 1 is 1.35 bits per heavy atom. The first kappa shape index (κ1) is 19.1. The third-order valence-electron chi connectivity index (χ3n) is 3.60. The van der Waals surface area contributed by atoms with Crippen LogP contribution in [0.1, 0.15) is 18.1 Å². The van der Waals surface area contributed by atoms with E-state index in [1.54, 1.807) is 13.0 Å². The van der Waals surface area contributed by atoms with Gasteiger partial charge in [0.05, 0.1) is 0 Å². The molecule has 0 saturated carbocycles. The van der Waals surface area contributed by atoms with Crippen LogP contribution in [-0.4, -0.2) is 22.6 Å². The van der Waals surface area contributed by atoms with Crippen LogP contribution in [0.3, 0.4) is 0 Å². The van der Waals surface area contributed by atoms with Gasteiger partial charge < -0.3 is 10.8 Å². The number of nitrogens with two attached hydrogens (primary N) is 1. The minimum absolute atomic E-state index is 0.0810. The third-order valence-corrected chi connectivity index (χ3v) is 4.49. The largest absolute Gasteiger partial charge is 0.493 e. The number of pyridine rings is 1. The number of aromatic nitrogens is 1. The molecule has 2 rings (SSSR count). The van der Waals surface area contributed by atoms with Crippen molar-refractivity contribution in [2.75, 3.05) is 5.73 Å². The van der Waals surface area contributed by atoms with Crippen LogP contribution in [0.2, 0.25) is 0 Å². The molecule has 1 aromatic heterocycles. The Hall–Kier alpha value is -3.23. The molecule has 136 valence electrons. The van der Waals surface area contributed by atoms with Crippen molar-refractivity contribution < 1.29 is 18.1 Å². The summed E-state index contributed by atoms with van der Waals surface area (Å²) in [6.07, 6.45) is 0. The lowest BCUT2D eigenvalue weighted by Crippen LogP contribution is -2.20. The van der Waals surface area contributed by atoms with E-state index in [4.69, 9.17) is 5.73 Å². The molecule has 0 atom stereocenters. The van der Waals surface area contributed by atoms with E-state index in [9.17, 15) is 28.1 Å². The Kier molecular flexibility index (Phi) is 5.10. The second-order valence-corrected chi connectivity index (χ2v) is 6.63. The number of aromatic hydroxyl groups is 1. The van der Waals surface area contributed by atoms with Crippen LogP contribution < -0.4 is 11.3 Å². The average Bonchev–Trinajstić information content (AvgIpc) is 2.55. The molecule has 1 aromatic carbocycles. The topological polar surface area (TPSA) is 171 Å². The molecule has 0 aliphatic carbocycles. The van der Waals surface area contributed by atoms with E-state index in [0.29, 0.717) is 0 Å². The highest BCUT2D eigenvalue weighted by Crippen LogP contribution is 2.30. The Morgan fingerprint density at radius 2 is 2.00 bits per heavy atom. The van der Waals surface area contributed by atoms with E-state index in [-0.39, 0.29) is 34.7 Å². The maximum Gasteiger partial charge on any atom is 0.296 e. The van der Waals surface area contributed by atoms with Crippen molar-refractivity contribution in [2.45, 2.75) is 25.3 Å². The number of rotatable bonds is 4. The molecule has 0 amide bonds. The van der Waals surface area contributed by atoms with Crippen molar-refractivity contribution in [1.82, 2.24) is 4.57 Å². The number of hydrogen-bond donors (Lipinski definition) is 3. The van der Waals surface area contributed by atoms with Crippen molar-refractivity contribution in [1.29, 1.82) is 5.26 Å². The van der Waals surface area contributed by atoms with Crippen LogP contribution in [0, 0.1) is 18.3 Å². The molecule has 0 unspecified atom stereocenters. The van der Waals surface area contributed by atoms with Crippen molar-refractivity contribution in [3.8, 4) is 11.9 Å². The molecule has 0 aliphatic rings. The van der Waals surface area contributed by atoms with Crippen LogP contribution in [-0.2, 0) is 16.7 Å². The number of nitriles is 1. The van der Waals surface area contributed by atoms with Gasteiger partial charge in [-0.2, -0.15) is 13.7 Å². The molecule has 0 fully saturated rings. The van der Waals surface area contributed by atoms with Gasteiger partial charge in [-0.25, -0.2) is 0 Å². The van der Waals surface area contributed by atoms with E-state index in [2.05, 4.69) is 10.2 Å². The summed E-state index contributed by atoms with van der Waals surface area (Å²) in [5, 5.41) is 26.6. The van der Waals surface area contributed by atoms with Crippen LogP contribution in [0.15, 0.2) is 38.1 Å². The molecule has 4 N–H and O–H groups in total. The van der Waals surface area contributed by atoms with Gasteiger partial charge in [-0.3, -0.25) is 13.9 Å². The standard InChI is InChI=1S/C15H15N5O5S/c1-3-20-14(21)10(7-16)8(2)13(15(20)22)19-18-11-5-4-9(17)6-12(11)26(23,24)25/h4-6,21H,3,17H2,1-2H3,(H,23,24,25). The van der Waals surface area contributed by atoms with Crippen LogP contribution in [0.5, 0.6) is 5.88 Å². The van der Waals surface area contributed by atoms with Crippen molar-refractivity contribution in [3.05, 3.63) is 39.7 Å². The van der Waals surface area contributed by atoms with Gasteiger partial charge in [0.15, 0.2) is 5.69 Å². The van der Waals surface area contributed by atoms with Gasteiger partial charge in [0.2, 0.25) is 5.88 Å². The fourth-order valence-electron chi connectivity index (χ4n) is 2.27. The smallest absolute Gasteiger partial charge is 0.296 e. The fourth-order valence-corrected chi connectivity index (χ4v) is 2.93. The number of anilines is 1. The van der Waals surface area contributed by atoms with E-state index in [1.165, 1.54) is 19.1 Å². The SMILES string of the molecule is CCn1c(O)c(C#N)c(C)c(N=Nc2ccc(N)cc2S(=O)(=O)O)c1=O. The fraction of sp³-hybridized carbons (Fsp3) is 0.200. The van der Waals surface area contributed by atoms with E-state index < -0.39 is 26.5 Å². The molecular formula is C15H15N5O5S. The highest BCUT2D eigenvalue weighted by atomic mass is 32.2. The molecule has 0 aliphatic heterocycles. The Balaban J connectivity index is 2.72. The second kappa shape index (κ2) is 6.95. The lowest BCUT2D eigenvalue weighted by Gasteiger charge is -2.10. The summed E-state index contributed by atoms with van der Waals surface area (Å²) in [4.78, 5) is 11.8. The molecule has 0 bridgehead atoms. The van der Waals surface area contributed by atoms with Crippen molar-refractivity contribution in [3.63, 3.8) is 0 Å². The van der Waals surface area contributed by atoms with E-state index in [1.807, 2.05) is 0 Å². The van der Waals surface area contributed by atoms with Crippen LogP contribution in [0.4, 0.5) is 17.1 Å². The highest BCUT2D eigenvalue weighted by Gasteiger charge is 2.19. The molecule has 2 aromatic rings. The zero-order valence-corrected chi connectivity index (χ0v) is 14.6. The van der Waals surface area contributed by atoms with Gasteiger partial charge in [-0.15, -0.1) is 10.2 Å². The average molecular weight is 377 g/mol. The first-order valence-electron chi connectivity index (χ1n) is 7.27. The van der Waals surface area contributed by atoms with Gasteiger partial charge in [-0.1, -0.05) is 0 Å². The van der Waals surface area contributed by atoms with E-state index in [0.717, 1.165) is 10.6 Å². The van der Waals surface area contributed by atoms with E-state index >= 15 is 0 Å². The molecule has 1 heterocycles. The number of hydrogen-bond acceptors (Lipinski definition) is 8. The van der Waals surface area contributed by atoms with Gasteiger partial charge in [0.1, 0.15) is 22.2 Å². The van der Waals surface area contributed by atoms with Gasteiger partial charge in [-0.05, 0) is 32.0 Å². The summed E-state index contributed by atoms with van der Waals surface area (Å²) in [7, 11) is -4.62. The monoisotopic (exact) mass is 377 g/mol. The zero-order valence-electron chi connectivity index (χ0n) is 13.8. The zero-order chi connectivity index (χ0) is 19.6. The summed E-state index contributed by atoms with van der Waals surface area (Å²) >= 11 is 0. The Morgan fingerprint density at radius 3 is 2.54 bits per heavy atom. The predicted molar refractivity (Wildman–Crippen MR) is 92.3 cm³/mol. The maximum atomic E-state index is 12.4. The summed E-state index contributed by atoms with van der Waals surface area (Å²) in [5.41, 5.74) is 4.36. The van der Waals surface area contributed by atoms with Gasteiger partial charge in [0, 0.05) is 17.8 Å². The summed E-state index contributed by atoms with van der Waals surface area (Å²) < 4.78 is 33.1. The van der Waals surface area contributed by atoms with Crippen LogP contribution >= 0.6 is 0 Å². The molecule has 0 spiro atoms. The molecular weight excluding hydrogens is 362 g/mol. The summed E-state index contributed by atoms with van der Waals surface area (Å²) in [6.45, 7) is 3.08. The third kappa shape index (κ3) is 3.41. The van der Waals surface area contributed by atoms with Crippen molar-refractivity contribution >= 4 is 27.2 Å². The summed E-state index contributed by atoms with van der Waals surface area (Å²) in [6, 6.07) is 5.34. The first-order valence-corrected chi connectivity index (χ1v) is 8.71. The molecule has 10 nitrogen and oxygen atoms in total. The summed E-state index contributed by atoms with van der Waals surface area (Å²) in [5.74, 6) is -0.484. The lowest BCUT2D eigenvalue weighted by atomic mass is 10.1.